The number of para-hydroxylation sites is 1. The Morgan fingerprint density at radius 3 is 1.47 bits per heavy atom. The molecular formula is C70H66BNO3. The normalized spacial score (nSPS) is 14.7. The Kier molecular flexibility index (Phi) is 11.2. The fourth-order valence-electron chi connectivity index (χ4n) is 11.9. The van der Waals surface area contributed by atoms with Gasteiger partial charge in [-0.05, 0) is 153 Å². The Bertz CT molecular complexity index is 3690. The summed E-state index contributed by atoms with van der Waals surface area (Å²) in [6, 6.07) is 68.0. The van der Waals surface area contributed by atoms with Crippen molar-refractivity contribution < 1.29 is 14.2 Å². The van der Waals surface area contributed by atoms with Gasteiger partial charge in [-0.1, -0.05) is 203 Å². The van der Waals surface area contributed by atoms with Crippen molar-refractivity contribution in [1.82, 2.24) is 0 Å². The maximum Gasteiger partial charge on any atom is 0.256 e. The summed E-state index contributed by atoms with van der Waals surface area (Å²) in [5.74, 6) is 3.33. The first-order valence-corrected chi connectivity index (χ1v) is 26.6. The predicted octanol–water partition coefficient (Wildman–Crippen LogP) is 16.6. The van der Waals surface area contributed by atoms with Crippen molar-refractivity contribution in [2.45, 2.75) is 90.9 Å². The molecule has 0 saturated carbocycles. The van der Waals surface area contributed by atoms with Gasteiger partial charge in [-0.25, -0.2) is 0 Å². The summed E-state index contributed by atoms with van der Waals surface area (Å²) in [4.78, 5) is 2.54. The highest BCUT2D eigenvalue weighted by atomic mass is 16.5. The number of ether oxygens (including phenoxy) is 3. The average Bonchev–Trinajstić information content (AvgIpc) is 3.42. The summed E-state index contributed by atoms with van der Waals surface area (Å²) in [7, 11) is 3.48. The first kappa shape index (κ1) is 48.2. The zero-order chi connectivity index (χ0) is 52.3. The number of methoxy groups -OCH3 is 2. The van der Waals surface area contributed by atoms with Gasteiger partial charge >= 0.3 is 0 Å². The third kappa shape index (κ3) is 7.97. The van der Waals surface area contributed by atoms with Gasteiger partial charge in [0.2, 0.25) is 0 Å². The Balaban J connectivity index is 1.24. The molecule has 0 spiro atoms. The molecule has 0 amide bonds. The van der Waals surface area contributed by atoms with E-state index in [4.69, 9.17) is 14.2 Å². The Morgan fingerprint density at radius 2 is 0.920 bits per heavy atom. The summed E-state index contributed by atoms with van der Waals surface area (Å²) >= 11 is 0. The van der Waals surface area contributed by atoms with Gasteiger partial charge in [0.1, 0.15) is 23.0 Å². The minimum absolute atomic E-state index is 0.0827. The van der Waals surface area contributed by atoms with Gasteiger partial charge in [0.25, 0.3) is 6.71 Å². The Hall–Kier alpha value is -7.76. The third-order valence-electron chi connectivity index (χ3n) is 17.2. The van der Waals surface area contributed by atoms with Gasteiger partial charge in [-0.3, -0.25) is 0 Å². The average molecular weight is 980 g/mol. The molecule has 0 N–H and O–H groups in total. The van der Waals surface area contributed by atoms with E-state index in [1.807, 2.05) is 12.1 Å². The Morgan fingerprint density at radius 1 is 0.413 bits per heavy atom. The van der Waals surface area contributed by atoms with E-state index in [1.54, 1.807) is 14.2 Å². The standard InChI is InChI=1S/C70H66BNO3/c1-67(2,3)51-31-48-33-53(41-51)69(7,8)70(9,10)54-34-49(32-52(42-54)68(4,5)6)45-28-30-63-60(38-45)71-59-37-44(48)27-29-61(59)72(62-39-50(40-64(75-63)65(62)71)43-19-14-13-15-20-43)66-57(46-21-16-23-55(35-46)73-11)25-18-26-58(66)47-22-17-24-56(36-47)74-12/h13-42H,1-12H3. The van der Waals surface area contributed by atoms with Crippen LogP contribution in [-0.2, 0) is 21.7 Å². The summed E-state index contributed by atoms with van der Waals surface area (Å²) in [5.41, 5.74) is 22.6. The Labute approximate surface area is 445 Å². The molecule has 3 aliphatic heterocycles. The second-order valence-electron chi connectivity index (χ2n) is 24.2. The number of rotatable bonds is 6. The fourth-order valence-corrected chi connectivity index (χ4v) is 11.9. The van der Waals surface area contributed by atoms with Crippen molar-refractivity contribution in [3.63, 3.8) is 0 Å². The topological polar surface area (TPSA) is 30.9 Å². The summed E-state index contributed by atoms with van der Waals surface area (Å²) in [5, 5.41) is 0. The number of fused-ring (bicyclic) bond motifs is 8. The van der Waals surface area contributed by atoms with Gasteiger partial charge in [0, 0.05) is 22.5 Å². The summed E-state index contributed by atoms with van der Waals surface area (Å²) < 4.78 is 19.2. The molecule has 372 valence electrons. The molecule has 3 aliphatic rings. The number of benzene rings is 9. The maximum absolute atomic E-state index is 7.37. The first-order valence-electron chi connectivity index (χ1n) is 26.6. The van der Waals surface area contributed by atoms with E-state index in [0.717, 1.165) is 84.4 Å². The third-order valence-corrected chi connectivity index (χ3v) is 17.2. The van der Waals surface area contributed by atoms with Crippen LogP contribution in [0.2, 0.25) is 0 Å². The van der Waals surface area contributed by atoms with Crippen LogP contribution in [-0.4, -0.2) is 20.9 Å². The lowest BCUT2D eigenvalue weighted by Gasteiger charge is -2.44. The van der Waals surface area contributed by atoms with E-state index in [1.165, 1.54) is 50.0 Å². The lowest BCUT2D eigenvalue weighted by atomic mass is 9.34. The van der Waals surface area contributed by atoms with Crippen LogP contribution in [0.3, 0.4) is 0 Å². The second kappa shape index (κ2) is 17.4. The van der Waals surface area contributed by atoms with Gasteiger partial charge in [-0.15, -0.1) is 0 Å². The predicted molar refractivity (Wildman–Crippen MR) is 316 cm³/mol. The fraction of sp³-hybridized carbons (Fsp3) is 0.229. The zero-order valence-corrected chi connectivity index (χ0v) is 45.6. The van der Waals surface area contributed by atoms with Crippen LogP contribution in [0.25, 0.3) is 55.6 Å². The molecule has 4 nitrogen and oxygen atoms in total. The van der Waals surface area contributed by atoms with Crippen LogP contribution in [0.1, 0.15) is 91.5 Å². The molecule has 0 saturated heterocycles. The molecule has 0 radical (unpaired) electrons. The summed E-state index contributed by atoms with van der Waals surface area (Å²) in [6.45, 7) is 23.7. The van der Waals surface area contributed by atoms with Crippen LogP contribution in [0, 0.1) is 0 Å². The molecule has 9 aromatic carbocycles. The van der Waals surface area contributed by atoms with E-state index >= 15 is 0 Å². The molecule has 3 heterocycles. The molecule has 0 atom stereocenters. The van der Waals surface area contributed by atoms with E-state index in [2.05, 4.69) is 244 Å². The highest BCUT2D eigenvalue weighted by Gasteiger charge is 2.45. The number of nitrogens with zero attached hydrogens (tertiary/aromatic N) is 1. The number of hydrogen-bond donors (Lipinski definition) is 0. The molecule has 12 rings (SSSR count). The van der Waals surface area contributed by atoms with Crippen LogP contribution in [0.4, 0.5) is 17.1 Å². The molecule has 9 aromatic rings. The first-order chi connectivity index (χ1) is 35.8. The van der Waals surface area contributed by atoms with Crippen molar-refractivity contribution in [1.29, 1.82) is 0 Å². The lowest BCUT2D eigenvalue weighted by molar-refractivity contribution is 0.302. The van der Waals surface area contributed by atoms with E-state index in [-0.39, 0.29) is 28.4 Å². The van der Waals surface area contributed by atoms with Crippen molar-refractivity contribution >= 4 is 40.2 Å². The monoisotopic (exact) mass is 980 g/mol. The molecule has 0 fully saturated rings. The van der Waals surface area contributed by atoms with Gasteiger partial charge in [-0.2, -0.15) is 0 Å². The molecule has 75 heavy (non-hydrogen) atoms. The van der Waals surface area contributed by atoms with Gasteiger partial charge < -0.3 is 19.1 Å². The minimum Gasteiger partial charge on any atom is -0.497 e. The number of hydrogen-bond acceptors (Lipinski definition) is 4. The molecule has 0 aromatic heterocycles. The highest BCUT2D eigenvalue weighted by Crippen LogP contribution is 2.52. The minimum atomic E-state index is -0.277. The van der Waals surface area contributed by atoms with Crippen molar-refractivity contribution in [3.05, 3.63) is 204 Å². The largest absolute Gasteiger partial charge is 0.497 e. The van der Waals surface area contributed by atoms with Crippen LogP contribution in [0.15, 0.2) is 182 Å². The van der Waals surface area contributed by atoms with Crippen LogP contribution < -0.4 is 35.5 Å². The van der Waals surface area contributed by atoms with E-state index in [9.17, 15) is 0 Å². The lowest BCUT2D eigenvalue weighted by Crippen LogP contribution is -2.59. The number of anilines is 3. The molecule has 5 heteroatoms. The SMILES string of the molecule is COc1cccc(-c2cccc(-c3cccc(OC)c3)c2N2c3ccc4cc3B3c5cc(ccc5Oc5cc(-c6ccccc6)cc2c53)-c2cc(C(C)(C)C)cc(c2)C(C)(C)C(C)(C)c2cc-4cc(C(C)(C)C)c2)c1. The molecule has 8 bridgehead atoms. The van der Waals surface area contributed by atoms with E-state index < -0.39 is 0 Å². The molecule has 0 unspecified atom stereocenters. The highest BCUT2D eigenvalue weighted by molar-refractivity contribution is 6.99. The zero-order valence-electron chi connectivity index (χ0n) is 45.6. The van der Waals surface area contributed by atoms with Crippen LogP contribution in [0.5, 0.6) is 23.0 Å². The quantitative estimate of drug-likeness (QED) is 0.155. The smallest absolute Gasteiger partial charge is 0.256 e. The van der Waals surface area contributed by atoms with Gasteiger partial charge in [0.15, 0.2) is 0 Å². The van der Waals surface area contributed by atoms with E-state index in [0.29, 0.717) is 0 Å². The van der Waals surface area contributed by atoms with Crippen LogP contribution >= 0.6 is 0 Å². The molecule has 0 aliphatic carbocycles. The summed E-state index contributed by atoms with van der Waals surface area (Å²) in [6.07, 6.45) is 0. The maximum atomic E-state index is 7.37. The van der Waals surface area contributed by atoms with Gasteiger partial charge in [0.05, 0.1) is 19.9 Å². The van der Waals surface area contributed by atoms with Crippen molar-refractivity contribution in [2.24, 2.45) is 0 Å². The molecular weight excluding hydrogens is 914 g/mol. The van der Waals surface area contributed by atoms with Crippen molar-refractivity contribution in [3.8, 4) is 78.6 Å². The second-order valence-corrected chi connectivity index (χ2v) is 24.2. The van der Waals surface area contributed by atoms with Crippen molar-refractivity contribution in [2.75, 3.05) is 19.1 Å².